The molecule has 0 aliphatic heterocycles. The Morgan fingerprint density at radius 3 is 2.44 bits per heavy atom. The predicted molar refractivity (Wildman–Crippen MR) is 123 cm³/mol. The lowest BCUT2D eigenvalue weighted by Gasteiger charge is -2.23. The number of fused-ring (bicyclic) bond motifs is 1. The van der Waals surface area contributed by atoms with E-state index in [1.54, 1.807) is 20.0 Å². The fraction of sp³-hybridized carbons (Fsp3) is 0.429. The number of carbonyl (C=O) groups is 4. The normalized spacial score (nSPS) is 13.9. The molecule has 0 aliphatic carbocycles. The topological polar surface area (TPSA) is 166 Å². The first kappa shape index (κ1) is 25.2. The summed E-state index contributed by atoms with van der Waals surface area (Å²) in [5.74, 6) is -3.32. The number of nitrogens with one attached hydrogen (secondary N) is 4. The Morgan fingerprint density at radius 1 is 1.12 bits per heavy atom. The van der Waals surface area contributed by atoms with Crippen LogP contribution in [0.4, 0.5) is 0 Å². The Hall–Kier alpha value is -3.05. The second-order valence-electron chi connectivity index (χ2n) is 7.76. The maximum absolute atomic E-state index is 12.6. The minimum absolute atomic E-state index is 0.0893. The first-order chi connectivity index (χ1) is 15.1. The van der Waals surface area contributed by atoms with Gasteiger partial charge in [-0.15, -0.1) is 0 Å². The van der Waals surface area contributed by atoms with Gasteiger partial charge in [0.05, 0.1) is 12.6 Å². The van der Waals surface area contributed by atoms with Crippen molar-refractivity contribution in [2.45, 2.75) is 38.4 Å². The molecule has 1 aromatic heterocycles. The Labute approximate surface area is 191 Å². The highest BCUT2D eigenvalue weighted by molar-refractivity contribution is 7.80. The minimum atomic E-state index is -1.23. The van der Waals surface area contributed by atoms with Gasteiger partial charge in [-0.3, -0.25) is 14.4 Å². The molecule has 32 heavy (non-hydrogen) atoms. The summed E-state index contributed by atoms with van der Waals surface area (Å²) < 4.78 is 0. The summed E-state index contributed by atoms with van der Waals surface area (Å²) in [4.78, 5) is 51.2. The van der Waals surface area contributed by atoms with E-state index < -0.39 is 48.4 Å². The number of nitrogens with two attached hydrogens (primary N) is 1. The Balaban J connectivity index is 1.93. The summed E-state index contributed by atoms with van der Waals surface area (Å²) >= 11 is 3.86. The average Bonchev–Trinajstić information content (AvgIpc) is 3.16. The van der Waals surface area contributed by atoms with E-state index in [9.17, 15) is 19.2 Å². The van der Waals surface area contributed by atoms with Crippen molar-refractivity contribution in [1.29, 1.82) is 0 Å². The molecule has 0 saturated carbocycles. The van der Waals surface area contributed by atoms with Crippen LogP contribution in [0.1, 0.15) is 19.4 Å². The number of H-pyrrole nitrogens is 1. The zero-order valence-electron chi connectivity index (χ0n) is 17.9. The highest BCUT2D eigenvalue weighted by Crippen LogP contribution is 2.18. The lowest BCUT2D eigenvalue weighted by atomic mass is 10.0. The van der Waals surface area contributed by atoms with Crippen LogP contribution < -0.4 is 21.7 Å². The van der Waals surface area contributed by atoms with Crippen molar-refractivity contribution in [1.82, 2.24) is 20.9 Å². The van der Waals surface area contributed by atoms with E-state index in [1.165, 1.54) is 0 Å². The minimum Gasteiger partial charge on any atom is -0.480 e. The molecule has 0 spiro atoms. The molecule has 0 fully saturated rings. The Bertz CT molecular complexity index is 976. The SMILES string of the molecule is CC(C)C(NC(=O)C(N)Cc1c[nH]c2ccccc12)C(=O)NCC(=O)NC(CS)C(=O)O. The van der Waals surface area contributed by atoms with E-state index in [2.05, 4.69) is 33.6 Å². The number of amides is 3. The van der Waals surface area contributed by atoms with Crippen LogP contribution in [0.2, 0.25) is 0 Å². The van der Waals surface area contributed by atoms with Crippen molar-refractivity contribution < 1.29 is 24.3 Å². The number of aliphatic carboxylic acids is 1. The number of carboxylic acid groups (broad SMARTS) is 1. The second-order valence-corrected chi connectivity index (χ2v) is 8.12. The van der Waals surface area contributed by atoms with Gasteiger partial charge < -0.3 is 31.8 Å². The molecular weight excluding hydrogens is 434 g/mol. The summed E-state index contributed by atoms with van der Waals surface area (Å²) in [6.45, 7) is 3.06. The van der Waals surface area contributed by atoms with Gasteiger partial charge in [-0.2, -0.15) is 12.6 Å². The van der Waals surface area contributed by atoms with Crippen LogP contribution in [0.5, 0.6) is 0 Å². The molecular formula is C21H29N5O5S. The van der Waals surface area contributed by atoms with E-state index in [1.807, 2.05) is 24.3 Å². The summed E-state index contributed by atoms with van der Waals surface area (Å²) in [5, 5.41) is 17.2. The number of aromatic amines is 1. The molecule has 1 aromatic carbocycles. The molecule has 0 saturated heterocycles. The van der Waals surface area contributed by atoms with Crippen molar-refractivity contribution in [3.63, 3.8) is 0 Å². The zero-order valence-corrected chi connectivity index (χ0v) is 18.8. The summed E-state index contributed by atoms with van der Waals surface area (Å²) in [6.07, 6.45) is 2.09. The highest BCUT2D eigenvalue weighted by atomic mass is 32.1. The van der Waals surface area contributed by atoms with E-state index in [-0.39, 0.29) is 18.1 Å². The van der Waals surface area contributed by atoms with E-state index in [0.29, 0.717) is 0 Å². The van der Waals surface area contributed by atoms with Gasteiger partial charge in [-0.05, 0) is 24.0 Å². The monoisotopic (exact) mass is 463 g/mol. The van der Waals surface area contributed by atoms with Crippen molar-refractivity contribution in [2.24, 2.45) is 11.7 Å². The van der Waals surface area contributed by atoms with Gasteiger partial charge in [0.2, 0.25) is 17.7 Å². The smallest absolute Gasteiger partial charge is 0.327 e. The van der Waals surface area contributed by atoms with E-state index in [0.717, 1.165) is 16.5 Å². The van der Waals surface area contributed by atoms with Crippen LogP contribution in [-0.4, -0.2) is 64.2 Å². The molecule has 11 heteroatoms. The number of carbonyl (C=O) groups excluding carboxylic acids is 3. The van der Waals surface area contributed by atoms with Crippen LogP contribution in [0.25, 0.3) is 10.9 Å². The maximum Gasteiger partial charge on any atom is 0.327 e. The van der Waals surface area contributed by atoms with E-state index >= 15 is 0 Å². The quantitative estimate of drug-likeness (QED) is 0.228. The third-order valence-corrected chi connectivity index (χ3v) is 5.30. The van der Waals surface area contributed by atoms with Gasteiger partial charge in [-0.1, -0.05) is 32.0 Å². The number of thiol groups is 1. The molecule has 1 heterocycles. The van der Waals surface area contributed by atoms with Crippen LogP contribution in [-0.2, 0) is 25.6 Å². The maximum atomic E-state index is 12.6. The molecule has 10 nitrogen and oxygen atoms in total. The first-order valence-corrected chi connectivity index (χ1v) is 10.8. The van der Waals surface area contributed by atoms with Gasteiger partial charge >= 0.3 is 5.97 Å². The number of benzene rings is 1. The van der Waals surface area contributed by atoms with Crippen molar-refractivity contribution in [3.05, 3.63) is 36.0 Å². The van der Waals surface area contributed by atoms with E-state index in [4.69, 9.17) is 10.8 Å². The number of carboxylic acids is 1. The number of hydrogen-bond acceptors (Lipinski definition) is 6. The van der Waals surface area contributed by atoms with Crippen LogP contribution in [0, 0.1) is 5.92 Å². The second kappa shape index (κ2) is 11.5. The molecule has 3 atom stereocenters. The molecule has 0 radical (unpaired) electrons. The third kappa shape index (κ3) is 6.72. The zero-order chi connectivity index (χ0) is 23.8. The van der Waals surface area contributed by atoms with Gasteiger partial charge in [-0.25, -0.2) is 4.79 Å². The first-order valence-electron chi connectivity index (χ1n) is 10.2. The molecule has 174 valence electrons. The molecule has 2 rings (SSSR count). The average molecular weight is 464 g/mol. The number of aromatic nitrogens is 1. The van der Waals surface area contributed by atoms with Crippen molar-refractivity contribution >= 4 is 47.2 Å². The van der Waals surface area contributed by atoms with Crippen LogP contribution in [0.15, 0.2) is 30.5 Å². The fourth-order valence-corrected chi connectivity index (χ4v) is 3.38. The number of rotatable bonds is 11. The summed E-state index contributed by atoms with van der Waals surface area (Å²) in [7, 11) is 0. The molecule has 2 aromatic rings. The standard InChI is InChI=1S/C21H29N5O5S/c1-11(2)18(20(29)24-9-17(27)25-16(10-32)21(30)31)26-19(28)14(22)7-12-8-23-15-6-4-3-5-13(12)15/h3-6,8,11,14,16,18,23,32H,7,9-10,22H2,1-2H3,(H,24,29)(H,25,27)(H,26,28)(H,30,31). The van der Waals surface area contributed by atoms with Crippen LogP contribution >= 0.6 is 12.6 Å². The van der Waals surface area contributed by atoms with Crippen LogP contribution in [0.3, 0.4) is 0 Å². The summed E-state index contributed by atoms with van der Waals surface area (Å²) in [6, 6.07) is 4.71. The van der Waals surface area contributed by atoms with Crippen molar-refractivity contribution in [3.8, 4) is 0 Å². The Kier molecular flexibility index (Phi) is 9.09. The predicted octanol–water partition coefficient (Wildman–Crippen LogP) is -0.206. The molecule has 0 aliphatic rings. The third-order valence-electron chi connectivity index (χ3n) is 4.94. The largest absolute Gasteiger partial charge is 0.480 e. The summed E-state index contributed by atoms with van der Waals surface area (Å²) in [5.41, 5.74) is 7.92. The van der Waals surface area contributed by atoms with Gasteiger partial charge in [0, 0.05) is 22.9 Å². The van der Waals surface area contributed by atoms with Gasteiger partial charge in [0.25, 0.3) is 0 Å². The van der Waals surface area contributed by atoms with Crippen molar-refractivity contribution in [2.75, 3.05) is 12.3 Å². The molecule has 0 bridgehead atoms. The van der Waals surface area contributed by atoms with Gasteiger partial charge in [0.15, 0.2) is 0 Å². The number of para-hydroxylation sites is 1. The lowest BCUT2D eigenvalue weighted by molar-refractivity contribution is -0.141. The highest BCUT2D eigenvalue weighted by Gasteiger charge is 2.27. The molecule has 3 amide bonds. The molecule has 7 N–H and O–H groups in total. The number of hydrogen-bond donors (Lipinski definition) is 7. The fourth-order valence-electron chi connectivity index (χ4n) is 3.13. The Morgan fingerprint density at radius 2 is 1.81 bits per heavy atom. The van der Waals surface area contributed by atoms with Gasteiger partial charge in [0.1, 0.15) is 12.1 Å². The molecule has 3 unspecified atom stereocenters. The lowest BCUT2D eigenvalue weighted by Crippen LogP contribution is -2.55.